The highest BCUT2D eigenvalue weighted by Gasteiger charge is 2.28. The average molecular weight is 224 g/mol. The van der Waals surface area contributed by atoms with E-state index in [2.05, 4.69) is 49.4 Å². The summed E-state index contributed by atoms with van der Waals surface area (Å²) in [4.78, 5) is 0. The highest BCUT2D eigenvalue weighted by molar-refractivity contribution is 5.41. The lowest BCUT2D eigenvalue weighted by atomic mass is 9.77. The monoisotopic (exact) mass is 224 g/mol. The van der Waals surface area contributed by atoms with E-state index in [1.807, 2.05) is 0 Å². The number of fused-ring (bicyclic) bond motifs is 1. The fraction of sp³-hybridized carbons (Fsp3) is 0.412. The third-order valence-electron chi connectivity index (χ3n) is 4.35. The van der Waals surface area contributed by atoms with Crippen LogP contribution in [-0.2, 0) is 0 Å². The molecular formula is C17H20. The second kappa shape index (κ2) is 4.52. The normalized spacial score (nSPS) is 24.9. The number of rotatable bonds is 2. The first kappa shape index (κ1) is 10.8. The Bertz CT molecular complexity index is 450. The molecule has 0 amide bonds. The summed E-state index contributed by atoms with van der Waals surface area (Å²) >= 11 is 0. The van der Waals surface area contributed by atoms with Crippen LogP contribution >= 0.6 is 0 Å². The van der Waals surface area contributed by atoms with Crippen LogP contribution in [0, 0.1) is 5.92 Å². The largest absolute Gasteiger partial charge is 0.0630 e. The lowest BCUT2D eigenvalue weighted by Crippen LogP contribution is -2.13. The van der Waals surface area contributed by atoms with Gasteiger partial charge in [0.1, 0.15) is 0 Å². The molecule has 2 unspecified atom stereocenters. The van der Waals surface area contributed by atoms with Crippen LogP contribution in [0.5, 0.6) is 0 Å². The van der Waals surface area contributed by atoms with Crippen LogP contribution < -0.4 is 0 Å². The fourth-order valence-electron chi connectivity index (χ4n) is 3.32. The van der Waals surface area contributed by atoms with Crippen molar-refractivity contribution in [1.82, 2.24) is 0 Å². The van der Waals surface area contributed by atoms with E-state index >= 15 is 0 Å². The second-order valence-electron chi connectivity index (χ2n) is 5.34. The fourth-order valence-corrected chi connectivity index (χ4v) is 3.32. The maximum Gasteiger partial charge on any atom is 0.00289 e. The molecule has 0 spiro atoms. The molecule has 0 aromatic heterocycles. The summed E-state index contributed by atoms with van der Waals surface area (Å²) in [5.41, 5.74) is 4.79. The summed E-state index contributed by atoms with van der Waals surface area (Å²) in [7, 11) is 0. The van der Waals surface area contributed by atoms with E-state index in [4.69, 9.17) is 0 Å². The van der Waals surface area contributed by atoms with Gasteiger partial charge in [-0.15, -0.1) is 0 Å². The minimum absolute atomic E-state index is 0.577. The van der Waals surface area contributed by atoms with E-state index < -0.39 is 0 Å². The van der Waals surface area contributed by atoms with Gasteiger partial charge in [-0.25, -0.2) is 0 Å². The summed E-state index contributed by atoms with van der Waals surface area (Å²) in [6.45, 7) is 2.35. The van der Waals surface area contributed by atoms with Crippen LogP contribution in [-0.4, -0.2) is 0 Å². The van der Waals surface area contributed by atoms with Crippen LogP contribution in [0.1, 0.15) is 44.1 Å². The molecule has 88 valence electrons. The van der Waals surface area contributed by atoms with Gasteiger partial charge in [0.25, 0.3) is 0 Å². The highest BCUT2D eigenvalue weighted by Crippen LogP contribution is 2.44. The smallest absolute Gasteiger partial charge is 0.00289 e. The van der Waals surface area contributed by atoms with Crippen LogP contribution in [0.3, 0.4) is 0 Å². The molecule has 1 aromatic carbocycles. The number of hydrogen-bond acceptors (Lipinski definition) is 0. The van der Waals surface area contributed by atoms with Crippen molar-refractivity contribution in [1.29, 1.82) is 0 Å². The highest BCUT2D eigenvalue weighted by atomic mass is 14.3. The Hall–Kier alpha value is -1.30. The number of hydrogen-bond donors (Lipinski definition) is 0. The van der Waals surface area contributed by atoms with Crippen LogP contribution in [0.2, 0.25) is 0 Å². The molecule has 1 aromatic rings. The summed E-state index contributed by atoms with van der Waals surface area (Å²) in [5, 5.41) is 0. The summed E-state index contributed by atoms with van der Waals surface area (Å²) in [5.74, 6) is 1.34. The molecule has 1 fully saturated rings. The Morgan fingerprint density at radius 3 is 2.71 bits per heavy atom. The van der Waals surface area contributed by atoms with Gasteiger partial charge in [-0.3, -0.25) is 0 Å². The summed E-state index contributed by atoms with van der Waals surface area (Å²) in [6.07, 6.45) is 10.3. The Morgan fingerprint density at radius 1 is 1.06 bits per heavy atom. The molecule has 17 heavy (non-hydrogen) atoms. The SMILES string of the molecule is CC(C1=CC=C2CCCCC21)c1ccccc1. The van der Waals surface area contributed by atoms with Gasteiger partial charge in [0.2, 0.25) is 0 Å². The van der Waals surface area contributed by atoms with Gasteiger partial charge in [0, 0.05) is 11.8 Å². The molecule has 2 atom stereocenters. The Balaban J connectivity index is 1.82. The third-order valence-corrected chi connectivity index (χ3v) is 4.35. The quantitative estimate of drug-likeness (QED) is 0.674. The van der Waals surface area contributed by atoms with Gasteiger partial charge < -0.3 is 0 Å². The predicted molar refractivity (Wildman–Crippen MR) is 73.0 cm³/mol. The zero-order valence-corrected chi connectivity index (χ0v) is 10.5. The molecule has 0 radical (unpaired) electrons. The zero-order chi connectivity index (χ0) is 11.7. The van der Waals surface area contributed by atoms with E-state index in [1.54, 1.807) is 11.1 Å². The molecule has 0 aliphatic heterocycles. The van der Waals surface area contributed by atoms with Gasteiger partial charge in [-0.1, -0.05) is 67.0 Å². The van der Waals surface area contributed by atoms with Gasteiger partial charge in [0.15, 0.2) is 0 Å². The molecule has 2 aliphatic rings. The van der Waals surface area contributed by atoms with Crippen LogP contribution in [0.4, 0.5) is 0 Å². The maximum atomic E-state index is 2.39. The summed E-state index contributed by atoms with van der Waals surface area (Å²) < 4.78 is 0. The van der Waals surface area contributed by atoms with Crippen molar-refractivity contribution in [2.75, 3.05) is 0 Å². The lowest BCUT2D eigenvalue weighted by molar-refractivity contribution is 0.492. The Kier molecular flexibility index (Phi) is 2.88. The topological polar surface area (TPSA) is 0 Å². The predicted octanol–water partition coefficient (Wildman–Crippen LogP) is 4.85. The van der Waals surface area contributed by atoms with Crippen molar-refractivity contribution in [3.8, 4) is 0 Å². The van der Waals surface area contributed by atoms with Crippen LogP contribution in [0.25, 0.3) is 0 Å². The van der Waals surface area contributed by atoms with E-state index in [0.717, 1.165) is 5.92 Å². The zero-order valence-electron chi connectivity index (χ0n) is 10.5. The lowest BCUT2D eigenvalue weighted by Gasteiger charge is -2.27. The Labute approximate surface area is 104 Å². The van der Waals surface area contributed by atoms with E-state index in [-0.39, 0.29) is 0 Å². The minimum atomic E-state index is 0.577. The summed E-state index contributed by atoms with van der Waals surface area (Å²) in [6, 6.07) is 10.9. The third kappa shape index (κ3) is 1.97. The van der Waals surface area contributed by atoms with Crippen molar-refractivity contribution >= 4 is 0 Å². The van der Waals surface area contributed by atoms with Crippen molar-refractivity contribution < 1.29 is 0 Å². The van der Waals surface area contributed by atoms with Gasteiger partial charge in [0.05, 0.1) is 0 Å². The molecule has 2 aliphatic carbocycles. The van der Waals surface area contributed by atoms with E-state index in [1.165, 1.54) is 31.2 Å². The van der Waals surface area contributed by atoms with Crippen molar-refractivity contribution in [2.45, 2.75) is 38.5 Å². The average Bonchev–Trinajstić information content (AvgIpc) is 2.83. The molecule has 0 heterocycles. The van der Waals surface area contributed by atoms with E-state index in [0.29, 0.717) is 5.92 Å². The molecule has 1 saturated carbocycles. The van der Waals surface area contributed by atoms with Crippen LogP contribution in [0.15, 0.2) is 53.6 Å². The molecular weight excluding hydrogens is 204 g/mol. The molecule has 0 saturated heterocycles. The Morgan fingerprint density at radius 2 is 1.88 bits per heavy atom. The minimum Gasteiger partial charge on any atom is -0.0630 e. The molecule has 0 bridgehead atoms. The second-order valence-corrected chi connectivity index (χ2v) is 5.34. The number of benzene rings is 1. The standard InChI is InChI=1S/C17H20/c1-13(14-7-3-2-4-8-14)16-12-11-15-9-5-6-10-17(15)16/h2-4,7-8,11-13,17H,5-6,9-10H2,1H3. The van der Waals surface area contributed by atoms with E-state index in [9.17, 15) is 0 Å². The number of allylic oxidation sites excluding steroid dienone is 4. The van der Waals surface area contributed by atoms with Gasteiger partial charge in [-0.05, 0) is 24.8 Å². The molecule has 3 rings (SSSR count). The first-order chi connectivity index (χ1) is 8.36. The first-order valence-electron chi connectivity index (χ1n) is 6.82. The van der Waals surface area contributed by atoms with Crippen molar-refractivity contribution in [2.24, 2.45) is 5.92 Å². The molecule has 0 heteroatoms. The molecule has 0 N–H and O–H groups in total. The van der Waals surface area contributed by atoms with Crippen molar-refractivity contribution in [3.63, 3.8) is 0 Å². The molecule has 0 nitrogen and oxygen atoms in total. The van der Waals surface area contributed by atoms with Gasteiger partial charge >= 0.3 is 0 Å². The van der Waals surface area contributed by atoms with Gasteiger partial charge in [-0.2, -0.15) is 0 Å². The maximum absolute atomic E-state index is 2.39. The van der Waals surface area contributed by atoms with Crippen molar-refractivity contribution in [3.05, 3.63) is 59.2 Å². The first-order valence-corrected chi connectivity index (χ1v) is 6.82.